The monoisotopic (exact) mass is 334 g/mol. The second kappa shape index (κ2) is 7.49. The molecule has 1 heterocycles. The SMILES string of the molecule is COc1cc(N=Cc2ccc(C)cc2)ccc1NC(=O)c1ccco1. The maximum absolute atomic E-state index is 12.1. The van der Waals surface area contributed by atoms with Gasteiger partial charge in [-0.3, -0.25) is 9.79 Å². The number of benzene rings is 2. The number of methoxy groups -OCH3 is 1. The predicted octanol–water partition coefficient (Wildman–Crippen LogP) is 4.60. The smallest absolute Gasteiger partial charge is 0.291 e. The van der Waals surface area contributed by atoms with Gasteiger partial charge in [0.2, 0.25) is 0 Å². The van der Waals surface area contributed by atoms with Crippen molar-refractivity contribution in [1.82, 2.24) is 0 Å². The molecule has 5 nitrogen and oxygen atoms in total. The molecule has 0 radical (unpaired) electrons. The molecular weight excluding hydrogens is 316 g/mol. The Hall–Kier alpha value is -3.34. The first-order valence-electron chi connectivity index (χ1n) is 7.79. The van der Waals surface area contributed by atoms with Crippen molar-refractivity contribution in [1.29, 1.82) is 0 Å². The summed E-state index contributed by atoms with van der Waals surface area (Å²) in [6.07, 6.45) is 3.24. The number of anilines is 1. The summed E-state index contributed by atoms with van der Waals surface area (Å²) in [6.45, 7) is 2.04. The van der Waals surface area contributed by atoms with Gasteiger partial charge in [-0.2, -0.15) is 0 Å². The Morgan fingerprint density at radius 1 is 1.16 bits per heavy atom. The van der Waals surface area contributed by atoms with Gasteiger partial charge in [-0.25, -0.2) is 0 Å². The number of amides is 1. The van der Waals surface area contributed by atoms with Gasteiger partial charge in [0.15, 0.2) is 5.76 Å². The van der Waals surface area contributed by atoms with Gasteiger partial charge in [0.1, 0.15) is 5.75 Å². The third-order valence-electron chi connectivity index (χ3n) is 3.62. The van der Waals surface area contributed by atoms with Crippen molar-refractivity contribution in [3.05, 3.63) is 77.7 Å². The molecule has 0 spiro atoms. The average molecular weight is 334 g/mol. The number of carbonyl (C=O) groups excluding carboxylic acids is 1. The minimum Gasteiger partial charge on any atom is -0.494 e. The first kappa shape index (κ1) is 16.5. The van der Waals surface area contributed by atoms with E-state index >= 15 is 0 Å². The molecule has 0 unspecified atom stereocenters. The second-order valence-electron chi connectivity index (χ2n) is 5.48. The number of hydrogen-bond donors (Lipinski definition) is 1. The fraction of sp³-hybridized carbons (Fsp3) is 0.100. The van der Waals surface area contributed by atoms with E-state index in [2.05, 4.69) is 10.3 Å². The zero-order chi connectivity index (χ0) is 17.6. The Morgan fingerprint density at radius 2 is 1.96 bits per heavy atom. The van der Waals surface area contributed by atoms with Crippen LogP contribution in [0.3, 0.4) is 0 Å². The summed E-state index contributed by atoms with van der Waals surface area (Å²) in [7, 11) is 1.55. The molecule has 3 rings (SSSR count). The van der Waals surface area contributed by atoms with Gasteiger partial charge >= 0.3 is 0 Å². The second-order valence-corrected chi connectivity index (χ2v) is 5.48. The Labute approximate surface area is 146 Å². The Balaban J connectivity index is 1.77. The zero-order valence-electron chi connectivity index (χ0n) is 14.0. The van der Waals surface area contributed by atoms with Crippen molar-refractivity contribution in [3.63, 3.8) is 0 Å². The number of nitrogens with one attached hydrogen (secondary N) is 1. The summed E-state index contributed by atoms with van der Waals surface area (Å²) in [5.41, 5.74) is 3.50. The van der Waals surface area contributed by atoms with Gasteiger partial charge in [0.25, 0.3) is 5.91 Å². The van der Waals surface area contributed by atoms with E-state index in [9.17, 15) is 4.79 Å². The van der Waals surface area contributed by atoms with Crippen LogP contribution in [0, 0.1) is 6.92 Å². The van der Waals surface area contributed by atoms with E-state index < -0.39 is 0 Å². The van der Waals surface area contributed by atoms with Gasteiger partial charge in [-0.1, -0.05) is 29.8 Å². The van der Waals surface area contributed by atoms with Crippen molar-refractivity contribution >= 4 is 23.5 Å². The Kier molecular flexibility index (Phi) is 4.95. The predicted molar refractivity (Wildman–Crippen MR) is 98.1 cm³/mol. The first-order valence-corrected chi connectivity index (χ1v) is 7.79. The normalized spacial score (nSPS) is 10.8. The lowest BCUT2D eigenvalue weighted by Gasteiger charge is -2.10. The van der Waals surface area contributed by atoms with Crippen LogP contribution in [-0.4, -0.2) is 19.2 Å². The molecule has 0 saturated carbocycles. The van der Waals surface area contributed by atoms with E-state index in [-0.39, 0.29) is 11.7 Å². The van der Waals surface area contributed by atoms with E-state index in [0.717, 1.165) is 11.3 Å². The standard InChI is InChI=1S/C20H18N2O3/c1-14-5-7-15(8-6-14)13-21-16-9-10-17(19(12-16)24-2)22-20(23)18-4-3-11-25-18/h3-13H,1-2H3,(H,22,23). The van der Waals surface area contributed by atoms with Crippen molar-refractivity contribution < 1.29 is 13.9 Å². The van der Waals surface area contributed by atoms with Crippen molar-refractivity contribution in [3.8, 4) is 5.75 Å². The lowest BCUT2D eigenvalue weighted by Crippen LogP contribution is -2.11. The van der Waals surface area contributed by atoms with Crippen LogP contribution in [0.15, 0.2) is 70.3 Å². The lowest BCUT2D eigenvalue weighted by molar-refractivity contribution is 0.0996. The molecule has 0 aliphatic heterocycles. The summed E-state index contributed by atoms with van der Waals surface area (Å²) in [5.74, 6) is 0.432. The van der Waals surface area contributed by atoms with Gasteiger partial charge in [0, 0.05) is 12.3 Å². The highest BCUT2D eigenvalue weighted by molar-refractivity contribution is 6.03. The first-order chi connectivity index (χ1) is 12.2. The van der Waals surface area contributed by atoms with Crippen LogP contribution in [0.1, 0.15) is 21.7 Å². The van der Waals surface area contributed by atoms with Crippen molar-refractivity contribution in [2.75, 3.05) is 12.4 Å². The number of carbonyl (C=O) groups is 1. The summed E-state index contributed by atoms with van der Waals surface area (Å²) in [4.78, 5) is 16.5. The Bertz CT molecular complexity index is 882. The summed E-state index contributed by atoms with van der Waals surface area (Å²) < 4.78 is 10.4. The van der Waals surface area contributed by atoms with E-state index in [4.69, 9.17) is 9.15 Å². The lowest BCUT2D eigenvalue weighted by atomic mass is 10.2. The van der Waals surface area contributed by atoms with Crippen LogP contribution in [0.4, 0.5) is 11.4 Å². The van der Waals surface area contributed by atoms with E-state index in [0.29, 0.717) is 11.4 Å². The number of rotatable bonds is 5. The minimum atomic E-state index is -0.334. The minimum absolute atomic E-state index is 0.239. The molecule has 0 aliphatic rings. The zero-order valence-corrected chi connectivity index (χ0v) is 14.0. The highest BCUT2D eigenvalue weighted by Crippen LogP contribution is 2.29. The molecule has 0 saturated heterocycles. The molecular formula is C20H18N2O3. The van der Waals surface area contributed by atoms with E-state index in [1.54, 1.807) is 37.6 Å². The molecule has 0 atom stereocenters. The van der Waals surface area contributed by atoms with E-state index in [1.807, 2.05) is 37.3 Å². The van der Waals surface area contributed by atoms with Gasteiger partial charge in [-0.05, 0) is 36.8 Å². The number of ether oxygens (including phenoxy) is 1. The van der Waals surface area contributed by atoms with E-state index in [1.165, 1.54) is 11.8 Å². The fourth-order valence-corrected chi connectivity index (χ4v) is 2.26. The third kappa shape index (κ3) is 4.14. The molecule has 1 amide bonds. The van der Waals surface area contributed by atoms with Crippen LogP contribution >= 0.6 is 0 Å². The molecule has 126 valence electrons. The largest absolute Gasteiger partial charge is 0.494 e. The number of aryl methyl sites for hydroxylation is 1. The topological polar surface area (TPSA) is 63.8 Å². The summed E-state index contributed by atoms with van der Waals surface area (Å²) in [5, 5.41) is 2.76. The van der Waals surface area contributed by atoms with Crippen LogP contribution in [0.25, 0.3) is 0 Å². The molecule has 1 aromatic heterocycles. The quantitative estimate of drug-likeness (QED) is 0.694. The van der Waals surface area contributed by atoms with Gasteiger partial charge in [0.05, 0.1) is 24.7 Å². The molecule has 3 aromatic rings. The third-order valence-corrected chi connectivity index (χ3v) is 3.62. The fourth-order valence-electron chi connectivity index (χ4n) is 2.26. The van der Waals surface area contributed by atoms with Gasteiger partial charge in [-0.15, -0.1) is 0 Å². The van der Waals surface area contributed by atoms with Crippen molar-refractivity contribution in [2.45, 2.75) is 6.92 Å². The van der Waals surface area contributed by atoms with Crippen LogP contribution < -0.4 is 10.1 Å². The highest BCUT2D eigenvalue weighted by atomic mass is 16.5. The molecule has 0 aliphatic carbocycles. The number of nitrogens with zero attached hydrogens (tertiary/aromatic N) is 1. The maximum atomic E-state index is 12.1. The summed E-state index contributed by atoms with van der Waals surface area (Å²) in [6, 6.07) is 16.7. The number of aliphatic imine (C=N–C) groups is 1. The molecule has 0 fully saturated rings. The van der Waals surface area contributed by atoms with Gasteiger partial charge < -0.3 is 14.5 Å². The number of furan rings is 1. The molecule has 2 aromatic carbocycles. The number of hydrogen-bond acceptors (Lipinski definition) is 4. The molecule has 0 bridgehead atoms. The molecule has 1 N–H and O–H groups in total. The van der Waals surface area contributed by atoms with Crippen LogP contribution in [0.5, 0.6) is 5.75 Å². The maximum Gasteiger partial charge on any atom is 0.291 e. The van der Waals surface area contributed by atoms with Crippen LogP contribution in [0.2, 0.25) is 0 Å². The molecule has 5 heteroatoms. The molecule has 25 heavy (non-hydrogen) atoms. The summed E-state index contributed by atoms with van der Waals surface area (Å²) >= 11 is 0. The van der Waals surface area contributed by atoms with Crippen molar-refractivity contribution in [2.24, 2.45) is 4.99 Å². The highest BCUT2D eigenvalue weighted by Gasteiger charge is 2.12. The van der Waals surface area contributed by atoms with Crippen LogP contribution in [-0.2, 0) is 0 Å². The Morgan fingerprint density at radius 3 is 2.64 bits per heavy atom. The average Bonchev–Trinajstić information content (AvgIpc) is 3.17.